The highest BCUT2D eigenvalue weighted by Gasteiger charge is 2.60. The summed E-state index contributed by atoms with van der Waals surface area (Å²) in [5.41, 5.74) is 1.45. The van der Waals surface area contributed by atoms with Gasteiger partial charge in [-0.2, -0.15) is 0 Å². The first-order valence-corrected chi connectivity index (χ1v) is 8.54. The Morgan fingerprint density at radius 1 is 1.15 bits per heavy atom. The number of amides is 1. The molecule has 2 aromatic rings. The largest absolute Gasteiger partial charge is 0.479 e. The third-order valence-electron chi connectivity index (χ3n) is 4.64. The molecule has 134 valence electrons. The highest BCUT2D eigenvalue weighted by Crippen LogP contribution is 2.43. The van der Waals surface area contributed by atoms with Crippen molar-refractivity contribution in [3.05, 3.63) is 70.7 Å². The second kappa shape index (κ2) is 6.39. The number of halogens is 1. The lowest BCUT2D eigenvalue weighted by molar-refractivity contribution is -0.219. The van der Waals surface area contributed by atoms with Crippen LogP contribution in [0.4, 0.5) is 0 Å². The average molecular weight is 374 g/mol. The minimum atomic E-state index is -1.35. The van der Waals surface area contributed by atoms with Crippen LogP contribution < -0.4 is 0 Å². The Hall–Kier alpha value is -2.41. The minimum Gasteiger partial charge on any atom is -0.479 e. The molecule has 6 nitrogen and oxygen atoms in total. The van der Waals surface area contributed by atoms with E-state index in [1.165, 1.54) is 0 Å². The van der Waals surface area contributed by atoms with Gasteiger partial charge >= 0.3 is 5.97 Å². The summed E-state index contributed by atoms with van der Waals surface area (Å²) in [6.07, 6.45) is -2.54. The van der Waals surface area contributed by atoms with Crippen molar-refractivity contribution in [1.29, 1.82) is 0 Å². The van der Waals surface area contributed by atoms with Crippen molar-refractivity contribution in [1.82, 2.24) is 4.90 Å². The minimum absolute atomic E-state index is 0.0847. The van der Waals surface area contributed by atoms with Gasteiger partial charge in [-0.3, -0.25) is 4.79 Å². The van der Waals surface area contributed by atoms with Gasteiger partial charge in [-0.25, -0.2) is 4.79 Å². The van der Waals surface area contributed by atoms with Gasteiger partial charge in [-0.05, 0) is 11.6 Å². The van der Waals surface area contributed by atoms with Crippen molar-refractivity contribution in [3.63, 3.8) is 0 Å². The number of hydrogen-bond donors (Lipinski definition) is 1. The van der Waals surface area contributed by atoms with Crippen LogP contribution in [0.15, 0.2) is 54.6 Å². The zero-order valence-electron chi connectivity index (χ0n) is 13.7. The van der Waals surface area contributed by atoms with E-state index in [1.54, 1.807) is 23.1 Å². The van der Waals surface area contributed by atoms with Crippen LogP contribution in [0.25, 0.3) is 0 Å². The molecule has 3 atom stereocenters. The van der Waals surface area contributed by atoms with Crippen LogP contribution in [-0.2, 0) is 31.4 Å². The van der Waals surface area contributed by atoms with E-state index in [0.717, 1.165) is 5.56 Å². The molecule has 7 heteroatoms. The predicted molar refractivity (Wildman–Crippen MR) is 92.4 cm³/mol. The van der Waals surface area contributed by atoms with Gasteiger partial charge in [0.15, 0.2) is 12.2 Å². The Kier molecular flexibility index (Phi) is 4.19. The highest BCUT2D eigenvalue weighted by atomic mass is 35.5. The number of benzene rings is 2. The summed E-state index contributed by atoms with van der Waals surface area (Å²) in [4.78, 5) is 25.9. The molecule has 4 rings (SSSR count). The Bertz CT molecular complexity index is 858. The maximum atomic E-state index is 12.8. The summed E-state index contributed by atoms with van der Waals surface area (Å²) in [7, 11) is 0. The zero-order valence-corrected chi connectivity index (χ0v) is 14.4. The molecule has 3 unspecified atom stereocenters. The van der Waals surface area contributed by atoms with Crippen molar-refractivity contribution in [2.45, 2.75) is 24.5 Å². The first-order valence-electron chi connectivity index (χ1n) is 8.16. The molecule has 2 saturated heterocycles. The monoisotopic (exact) mass is 373 g/mol. The first kappa shape index (κ1) is 17.0. The molecule has 2 aliphatic rings. The quantitative estimate of drug-likeness (QED) is 0.890. The molecule has 2 aliphatic heterocycles. The SMILES string of the molecule is O=C(O)C1OC2(c3ccccc3)CN(Cc3ccccc3Cl)C(=O)C1O2. The molecule has 0 saturated carbocycles. The fourth-order valence-corrected chi connectivity index (χ4v) is 3.59. The maximum absolute atomic E-state index is 12.8. The van der Waals surface area contributed by atoms with E-state index in [4.69, 9.17) is 21.1 Å². The number of morpholine rings is 1. The van der Waals surface area contributed by atoms with Crippen LogP contribution in [0.1, 0.15) is 11.1 Å². The van der Waals surface area contributed by atoms with Crippen molar-refractivity contribution >= 4 is 23.5 Å². The molecule has 1 N–H and O–H groups in total. The molecule has 2 aromatic carbocycles. The Labute approximate surface area is 154 Å². The summed E-state index contributed by atoms with van der Waals surface area (Å²) in [5.74, 6) is -2.94. The molecular formula is C19H16ClNO5. The van der Waals surface area contributed by atoms with E-state index in [2.05, 4.69) is 0 Å². The van der Waals surface area contributed by atoms with E-state index in [-0.39, 0.29) is 13.1 Å². The molecule has 1 amide bonds. The van der Waals surface area contributed by atoms with Crippen LogP contribution in [0.2, 0.25) is 5.02 Å². The Morgan fingerprint density at radius 2 is 1.85 bits per heavy atom. The molecule has 0 spiro atoms. The Balaban J connectivity index is 1.71. The molecule has 2 heterocycles. The smallest absolute Gasteiger partial charge is 0.336 e. The topological polar surface area (TPSA) is 76.1 Å². The van der Waals surface area contributed by atoms with Gasteiger partial charge in [0.05, 0.1) is 6.54 Å². The Morgan fingerprint density at radius 3 is 2.54 bits per heavy atom. The molecule has 0 aromatic heterocycles. The van der Waals surface area contributed by atoms with Crippen LogP contribution >= 0.6 is 11.6 Å². The fraction of sp³-hybridized carbons (Fsp3) is 0.263. The number of carbonyl (C=O) groups excluding carboxylic acids is 1. The highest BCUT2D eigenvalue weighted by molar-refractivity contribution is 6.31. The van der Waals surface area contributed by atoms with Gasteiger partial charge in [0.25, 0.3) is 5.91 Å². The predicted octanol–water partition coefficient (Wildman–Crippen LogP) is 2.40. The third-order valence-corrected chi connectivity index (χ3v) is 5.01. The van der Waals surface area contributed by atoms with Gasteiger partial charge < -0.3 is 19.5 Å². The molecule has 2 bridgehead atoms. The summed E-state index contributed by atoms with van der Waals surface area (Å²) in [6.45, 7) is 0.337. The number of fused-ring (bicyclic) bond motifs is 2. The van der Waals surface area contributed by atoms with Crippen molar-refractivity contribution in [2.75, 3.05) is 6.54 Å². The number of carboxylic acids is 1. The first-order chi connectivity index (χ1) is 12.5. The van der Waals surface area contributed by atoms with Gasteiger partial charge in [0.2, 0.25) is 5.79 Å². The number of hydrogen-bond acceptors (Lipinski definition) is 4. The molecular weight excluding hydrogens is 358 g/mol. The summed E-state index contributed by atoms with van der Waals surface area (Å²) in [6, 6.07) is 16.3. The average Bonchev–Trinajstić information content (AvgIpc) is 2.99. The second-order valence-electron chi connectivity index (χ2n) is 6.32. The number of carbonyl (C=O) groups is 2. The van der Waals surface area contributed by atoms with E-state index >= 15 is 0 Å². The lowest BCUT2D eigenvalue weighted by Gasteiger charge is -2.38. The number of nitrogens with zero attached hydrogens (tertiary/aromatic N) is 1. The fourth-order valence-electron chi connectivity index (χ4n) is 3.39. The molecule has 26 heavy (non-hydrogen) atoms. The molecule has 2 fully saturated rings. The van der Waals surface area contributed by atoms with Crippen molar-refractivity contribution in [3.8, 4) is 0 Å². The van der Waals surface area contributed by atoms with Crippen LogP contribution in [-0.4, -0.2) is 40.6 Å². The van der Waals surface area contributed by atoms with E-state index in [1.807, 2.05) is 36.4 Å². The third kappa shape index (κ3) is 2.76. The van der Waals surface area contributed by atoms with Gasteiger partial charge in [-0.15, -0.1) is 0 Å². The van der Waals surface area contributed by atoms with Crippen molar-refractivity contribution in [2.24, 2.45) is 0 Å². The number of aliphatic carboxylic acids is 1. The van der Waals surface area contributed by atoms with E-state index in [9.17, 15) is 14.7 Å². The normalized spacial score (nSPS) is 27.6. The van der Waals surface area contributed by atoms with Gasteiger partial charge in [0.1, 0.15) is 0 Å². The van der Waals surface area contributed by atoms with Crippen LogP contribution in [0.3, 0.4) is 0 Å². The molecule has 0 radical (unpaired) electrons. The van der Waals surface area contributed by atoms with Gasteiger partial charge in [0, 0.05) is 17.1 Å². The summed E-state index contributed by atoms with van der Waals surface area (Å²) >= 11 is 6.22. The second-order valence-corrected chi connectivity index (χ2v) is 6.73. The number of ether oxygens (including phenoxy) is 2. The van der Waals surface area contributed by atoms with E-state index in [0.29, 0.717) is 10.6 Å². The lowest BCUT2D eigenvalue weighted by Crippen LogP contribution is -2.53. The van der Waals surface area contributed by atoms with Crippen LogP contribution in [0.5, 0.6) is 0 Å². The van der Waals surface area contributed by atoms with Gasteiger partial charge in [-0.1, -0.05) is 60.1 Å². The number of carboxylic acid groups (broad SMARTS) is 1. The van der Waals surface area contributed by atoms with Crippen molar-refractivity contribution < 1.29 is 24.2 Å². The maximum Gasteiger partial charge on any atom is 0.336 e. The lowest BCUT2D eigenvalue weighted by atomic mass is 10.0. The van der Waals surface area contributed by atoms with E-state index < -0.39 is 29.9 Å². The molecule has 0 aliphatic carbocycles. The summed E-state index contributed by atoms with van der Waals surface area (Å²) < 4.78 is 11.6. The number of rotatable bonds is 4. The summed E-state index contributed by atoms with van der Waals surface area (Å²) in [5, 5.41) is 10.0. The van der Waals surface area contributed by atoms with Crippen LogP contribution in [0, 0.1) is 0 Å². The zero-order chi connectivity index (χ0) is 18.3. The standard InChI is InChI=1S/C19H16ClNO5/c20-14-9-5-4-6-12(14)10-21-11-19(13-7-2-1-3-8-13)25-15(17(21)22)16(26-19)18(23)24/h1-9,15-16H,10-11H2,(H,23,24).